The number of hydrogen-bond acceptors (Lipinski definition) is 18. The minimum Gasteiger partial charge on any atom is -0.478 e. The summed E-state index contributed by atoms with van der Waals surface area (Å²) in [7, 11) is -8.81. The molecule has 0 bridgehead atoms. The molecule has 5 aliphatic heterocycles. The minimum atomic E-state index is -4.42. The Morgan fingerprint density at radius 3 is 1.71 bits per heavy atom. The number of aromatic carboxylic acids is 2. The first-order chi connectivity index (χ1) is 47.5. The van der Waals surface area contributed by atoms with E-state index in [9.17, 15) is 45.7 Å². The van der Waals surface area contributed by atoms with E-state index in [0.29, 0.717) is 109 Å². The van der Waals surface area contributed by atoms with Gasteiger partial charge in [0.15, 0.2) is 5.54 Å². The molecule has 6 N–H and O–H groups in total. The van der Waals surface area contributed by atoms with Gasteiger partial charge in [-0.05, 0) is 137 Å². The highest BCUT2D eigenvalue weighted by atomic mass is 35.5. The maximum Gasteiger partial charge on any atom is 0.337 e. The lowest BCUT2D eigenvalue weighted by molar-refractivity contribution is -0.432. The van der Waals surface area contributed by atoms with Gasteiger partial charge in [0.2, 0.25) is 5.36 Å². The average Bonchev–Trinajstić information content (AvgIpc) is 0.721. The van der Waals surface area contributed by atoms with E-state index in [1.54, 1.807) is 42.5 Å². The Morgan fingerprint density at radius 1 is 0.663 bits per heavy atom. The molecule has 0 spiro atoms. The maximum atomic E-state index is 12.9. The zero-order valence-electron chi connectivity index (χ0n) is 57.5. The molecular weight excluding hydrogens is 1460 g/mol. The molecule has 5 aromatic rings. The second-order valence-corrected chi connectivity index (χ2v) is 31.7. The number of fused-ring (bicyclic) bond motifs is 7. The number of ether oxygens (including phenoxy) is 2. The summed E-state index contributed by atoms with van der Waals surface area (Å²) in [6.45, 7) is 28.1. The van der Waals surface area contributed by atoms with Crippen LogP contribution in [0, 0.1) is 5.92 Å². The molecule has 1 aliphatic carbocycles. The fraction of sp³-hybridized carbons (Fsp3) is 0.347. The Bertz CT molecular complexity index is 4840. The molecule has 6 aliphatic rings. The standard InChI is InChI=1S/C36H38N2O9S2.C34H33Cl4NO9S2.C2H6/c1-7-37-29-15-31-27(13-25(29)21(17-35(37,3)4)19-48-47-46-41)33(23-11-9-10-12-24(23)34(39)40)28-14-26-22(20-49(42,43)44)18-36(5,6)38(8-2)30(26)16-32(28)45-31;1-6-39-23-12-25-22(11-20(23)19(13-34(39,4)5)14-49-48-47-42)26(27-28(33(40)41)30(36)32(38)31(37)29(27)35)21-10-17(7-8-24(21)46-25)18(9-16(2)3)15-50(43,44)45;1-2/h9-18H,7-8,19-20H2,1-6H3,(H2-,39,40,41,42,43,44);8-13,16,42H,6-7,14-15H2,1-5H3,(H,40,41)(H,43,44,45);1-2H3/p+1/b;18-9-;. The fourth-order valence-corrected chi connectivity index (χ4v) is 17.4. The highest BCUT2D eigenvalue weighted by Crippen LogP contribution is 2.55. The van der Waals surface area contributed by atoms with Crippen molar-refractivity contribution in [1.82, 2.24) is 4.58 Å². The number of carboxylic acid groups (broad SMARTS) is 2. The van der Waals surface area contributed by atoms with Crippen LogP contribution in [0.25, 0.3) is 27.9 Å². The lowest BCUT2D eigenvalue weighted by atomic mass is 9.80. The molecule has 0 saturated carbocycles. The molecule has 11 rings (SSSR count). The van der Waals surface area contributed by atoms with Crippen LogP contribution in [0.4, 0.5) is 11.4 Å². The Morgan fingerprint density at radius 2 is 1.21 bits per heavy atom. The lowest BCUT2D eigenvalue weighted by Crippen LogP contribution is -2.50. The number of rotatable bonds is 21. The third-order valence-electron chi connectivity index (χ3n) is 17.8. The van der Waals surface area contributed by atoms with E-state index >= 15 is 0 Å². The summed E-state index contributed by atoms with van der Waals surface area (Å²) in [4.78, 5) is 30.0. The molecule has 29 heteroatoms. The fourth-order valence-electron chi connectivity index (χ4n) is 14.2. The Hall–Kier alpha value is -6.47. The summed E-state index contributed by atoms with van der Waals surface area (Å²) >= 11 is 28.2. The predicted molar refractivity (Wildman–Crippen MR) is 400 cm³/mol. The van der Waals surface area contributed by atoms with Crippen molar-refractivity contribution >= 4 is 142 Å². The van der Waals surface area contributed by atoms with Crippen molar-refractivity contribution in [2.45, 2.75) is 113 Å². The zero-order chi connectivity index (χ0) is 74.3. The third kappa shape index (κ3) is 16.1. The molecule has 0 unspecified atom stereocenters. The van der Waals surface area contributed by atoms with E-state index in [1.165, 1.54) is 0 Å². The molecular formula is C72H78Cl4N3O18S4+. The Labute approximate surface area is 615 Å². The van der Waals surface area contributed by atoms with Gasteiger partial charge in [-0.15, -0.1) is 8.67 Å². The molecule has 0 fully saturated rings. The van der Waals surface area contributed by atoms with Crippen LogP contribution >= 0.6 is 70.5 Å². The summed E-state index contributed by atoms with van der Waals surface area (Å²) < 4.78 is 93.4. The summed E-state index contributed by atoms with van der Waals surface area (Å²) in [5.41, 5.74) is 8.12. The van der Waals surface area contributed by atoms with Gasteiger partial charge < -0.3 is 29.5 Å². The number of halogens is 4. The SMILES string of the molecule is CC.CCN1c2cc3c(cc2C(CSOOO)=CC1(C)C)C(c1c(Cl)c(Cl)c(Cl)c(Cl)c1C(=O)O)=C1C=C(/C(=C\C(C)C)CS(=O)(=O)O)CC=C1O3.CCN1c2cc3c(cc2C(CSOOO)=CC1(C)C)C(c1ccccc1C(=O)O)=c1cc2c(cc1O3)=[N+](CC)C(C)(C)C=C2CS(=O)(=O)O. The first kappa shape index (κ1) is 78.7. The van der Waals surface area contributed by atoms with Gasteiger partial charge in [-0.25, -0.2) is 24.7 Å². The third-order valence-corrected chi connectivity index (χ3v) is 22.1. The number of allylic oxidation sites excluding steroid dienone is 4. The number of carbonyl (C=O) groups is 2. The summed E-state index contributed by atoms with van der Waals surface area (Å²) in [6.07, 6.45) is 11.5. The smallest absolute Gasteiger partial charge is 0.337 e. The van der Waals surface area contributed by atoms with Crippen LogP contribution in [0.1, 0.15) is 156 Å². The van der Waals surface area contributed by atoms with Gasteiger partial charge in [0, 0.05) is 136 Å². The highest BCUT2D eigenvalue weighted by Gasteiger charge is 2.41. The van der Waals surface area contributed by atoms with Crippen molar-refractivity contribution < 1.29 is 84.5 Å². The van der Waals surface area contributed by atoms with Crippen molar-refractivity contribution in [3.63, 3.8) is 0 Å². The molecule has 0 atom stereocenters. The van der Waals surface area contributed by atoms with Crippen LogP contribution in [-0.4, -0.2) is 118 Å². The molecule has 5 heterocycles. The van der Waals surface area contributed by atoms with Gasteiger partial charge >= 0.3 is 11.9 Å². The quantitative estimate of drug-likeness (QED) is 0.00570. The number of anilines is 2. The Kier molecular flexibility index (Phi) is 24.2. The highest BCUT2D eigenvalue weighted by molar-refractivity contribution is 7.95. The van der Waals surface area contributed by atoms with Gasteiger partial charge in [-0.2, -0.15) is 16.8 Å². The zero-order valence-corrected chi connectivity index (χ0v) is 63.8. The normalized spacial score (nSPS) is 16.9. The van der Waals surface area contributed by atoms with E-state index in [-0.39, 0.29) is 54.8 Å². The average molecular weight is 1540 g/mol. The topological polar surface area (TPSA) is 289 Å². The summed E-state index contributed by atoms with van der Waals surface area (Å²) in [5.74, 6) is -1.45. The van der Waals surface area contributed by atoms with Crippen molar-refractivity contribution in [3.05, 3.63) is 200 Å². The number of carboxylic acids is 2. The largest absolute Gasteiger partial charge is 0.478 e. The van der Waals surface area contributed by atoms with Gasteiger partial charge in [0.1, 0.15) is 41.1 Å². The van der Waals surface area contributed by atoms with Gasteiger partial charge in [-0.3, -0.25) is 9.11 Å². The molecule has 5 aromatic carbocycles. The van der Waals surface area contributed by atoms with E-state index in [2.05, 4.69) is 71.2 Å². The van der Waals surface area contributed by atoms with E-state index in [1.807, 2.05) is 97.9 Å². The van der Waals surface area contributed by atoms with Crippen LogP contribution < -0.4 is 34.4 Å². The minimum absolute atomic E-state index is 0.0222. The predicted octanol–water partition coefficient (Wildman–Crippen LogP) is 16.4. The molecule has 101 heavy (non-hydrogen) atoms. The molecule has 0 radical (unpaired) electrons. The van der Waals surface area contributed by atoms with Gasteiger partial charge in [-0.1, -0.05) is 121 Å². The second kappa shape index (κ2) is 31.1. The molecule has 0 amide bonds. The van der Waals surface area contributed by atoms with Gasteiger partial charge in [0.25, 0.3) is 20.2 Å². The monoisotopic (exact) mass is 1540 g/mol. The van der Waals surface area contributed by atoms with Gasteiger partial charge in [0.05, 0.1) is 53.9 Å². The summed E-state index contributed by atoms with van der Waals surface area (Å²) in [5, 5.41) is 46.5. The number of benzene rings is 5. The van der Waals surface area contributed by atoms with Crippen LogP contribution in [-0.2, 0) is 39.0 Å². The van der Waals surface area contributed by atoms with Crippen LogP contribution in [0.15, 0.2) is 120 Å². The van der Waals surface area contributed by atoms with Crippen molar-refractivity contribution in [3.8, 4) is 17.2 Å². The van der Waals surface area contributed by atoms with Crippen LogP contribution in [0.3, 0.4) is 0 Å². The lowest BCUT2D eigenvalue weighted by Gasteiger charge is -2.44. The maximum absolute atomic E-state index is 12.9. The molecule has 0 aromatic heterocycles. The van der Waals surface area contributed by atoms with Crippen molar-refractivity contribution in [1.29, 1.82) is 0 Å². The van der Waals surface area contributed by atoms with Crippen molar-refractivity contribution in [2.75, 3.05) is 52.4 Å². The first-order valence-electron chi connectivity index (χ1n) is 32.2. The molecule has 0 saturated heterocycles. The summed E-state index contributed by atoms with van der Waals surface area (Å²) in [6, 6.07) is 18.2. The number of likely N-dealkylation sites (N-methyl/N-ethyl adjacent to an activating group) is 3. The van der Waals surface area contributed by atoms with E-state index < -0.39 is 60.3 Å². The number of hydrogen-bond donors (Lipinski definition) is 6. The van der Waals surface area contributed by atoms with E-state index in [0.717, 1.165) is 63.1 Å². The van der Waals surface area contributed by atoms with E-state index in [4.69, 9.17) is 75.1 Å². The molecule has 21 nitrogen and oxygen atoms in total. The van der Waals surface area contributed by atoms with Crippen LogP contribution in [0.2, 0.25) is 20.1 Å². The second-order valence-electron chi connectivity index (χ2n) is 26.0. The first-order valence-corrected chi connectivity index (χ1v) is 38.7. The van der Waals surface area contributed by atoms with Crippen LogP contribution in [0.5, 0.6) is 17.2 Å². The number of nitrogens with zero attached hydrogens (tertiary/aromatic N) is 3. The Balaban J connectivity index is 0.000000230. The molecule has 540 valence electrons. The van der Waals surface area contributed by atoms with Crippen molar-refractivity contribution in [2.24, 2.45) is 5.92 Å².